The van der Waals surface area contributed by atoms with Gasteiger partial charge in [0.1, 0.15) is 6.61 Å². The average Bonchev–Trinajstić information content (AvgIpc) is 2.76. The summed E-state index contributed by atoms with van der Waals surface area (Å²) in [5.74, 6) is 0.887. The largest absolute Gasteiger partial charge is 0.379 e. The molecule has 0 aliphatic carbocycles. The van der Waals surface area contributed by atoms with Gasteiger partial charge in [-0.25, -0.2) is 4.89 Å². The molecule has 31 heavy (non-hydrogen) atoms. The highest BCUT2D eigenvalue weighted by Crippen LogP contribution is 2.15. The van der Waals surface area contributed by atoms with E-state index in [9.17, 15) is 0 Å². The van der Waals surface area contributed by atoms with Crippen molar-refractivity contribution in [1.82, 2.24) is 0 Å². The SMILES string of the molecule is CC(C)CCCCCCCCCCCCCCCCCCCCCCCOCCOO. The lowest BCUT2D eigenvalue weighted by molar-refractivity contribution is -0.249. The molecule has 0 aliphatic heterocycles. The third-order valence-corrected chi connectivity index (χ3v) is 6.39. The van der Waals surface area contributed by atoms with Crippen molar-refractivity contribution in [2.45, 2.75) is 155 Å². The molecule has 0 spiro atoms. The van der Waals surface area contributed by atoms with Crippen LogP contribution in [0, 0.1) is 5.92 Å². The molecule has 0 aromatic rings. The topological polar surface area (TPSA) is 38.7 Å². The Labute approximate surface area is 196 Å². The lowest BCUT2D eigenvalue weighted by Crippen LogP contribution is -2.03. The van der Waals surface area contributed by atoms with E-state index in [4.69, 9.17) is 9.99 Å². The van der Waals surface area contributed by atoms with E-state index in [-0.39, 0.29) is 6.61 Å². The van der Waals surface area contributed by atoms with Crippen molar-refractivity contribution in [3.05, 3.63) is 0 Å². The third-order valence-electron chi connectivity index (χ3n) is 6.39. The summed E-state index contributed by atoms with van der Waals surface area (Å²) in [6, 6.07) is 0. The zero-order valence-corrected chi connectivity index (χ0v) is 21.5. The van der Waals surface area contributed by atoms with E-state index in [1.165, 1.54) is 135 Å². The predicted octanol–water partition coefficient (Wildman–Crippen LogP) is 9.73. The monoisotopic (exact) mass is 442 g/mol. The fourth-order valence-electron chi connectivity index (χ4n) is 4.31. The van der Waals surface area contributed by atoms with Crippen LogP contribution in [0.2, 0.25) is 0 Å². The van der Waals surface area contributed by atoms with E-state index in [1.807, 2.05) is 0 Å². The Bertz CT molecular complexity index is 307. The normalized spacial score (nSPS) is 11.6. The minimum atomic E-state index is 0.277. The summed E-state index contributed by atoms with van der Waals surface area (Å²) < 4.78 is 5.34. The zero-order chi connectivity index (χ0) is 22.7. The van der Waals surface area contributed by atoms with E-state index in [2.05, 4.69) is 18.7 Å². The summed E-state index contributed by atoms with van der Waals surface area (Å²) in [5, 5.41) is 8.18. The molecule has 0 aromatic heterocycles. The Morgan fingerprint density at radius 2 is 0.742 bits per heavy atom. The highest BCUT2D eigenvalue weighted by atomic mass is 17.1. The first-order chi connectivity index (χ1) is 15.3. The first kappa shape index (κ1) is 30.9. The van der Waals surface area contributed by atoms with Crippen LogP contribution >= 0.6 is 0 Å². The maximum atomic E-state index is 8.18. The standard InChI is InChI=1S/C28H58O3/c1-28(2)24-22-20-18-16-14-12-10-8-6-4-3-5-7-9-11-13-15-17-19-21-23-25-30-26-27-31-29/h28-29H,3-27H2,1-2H3. The van der Waals surface area contributed by atoms with Gasteiger partial charge >= 0.3 is 0 Å². The molecule has 0 heterocycles. The summed E-state index contributed by atoms with van der Waals surface area (Å²) >= 11 is 0. The lowest BCUT2D eigenvalue weighted by atomic mass is 10.0. The van der Waals surface area contributed by atoms with Gasteiger partial charge in [0.05, 0.1) is 6.61 Å². The molecule has 188 valence electrons. The quantitative estimate of drug-likeness (QED) is 0.0781. The summed E-state index contributed by atoms with van der Waals surface area (Å²) in [6.07, 6.45) is 31.2. The van der Waals surface area contributed by atoms with Crippen molar-refractivity contribution >= 4 is 0 Å². The second-order valence-electron chi connectivity index (χ2n) is 10.1. The van der Waals surface area contributed by atoms with Crippen LogP contribution < -0.4 is 0 Å². The van der Waals surface area contributed by atoms with Crippen molar-refractivity contribution in [2.24, 2.45) is 5.92 Å². The fourth-order valence-corrected chi connectivity index (χ4v) is 4.31. The van der Waals surface area contributed by atoms with E-state index < -0.39 is 0 Å². The molecule has 0 saturated heterocycles. The molecular weight excluding hydrogens is 384 g/mol. The lowest BCUT2D eigenvalue weighted by Gasteiger charge is -2.05. The highest BCUT2D eigenvalue weighted by Gasteiger charge is 1.97. The Morgan fingerprint density at radius 3 is 1.06 bits per heavy atom. The van der Waals surface area contributed by atoms with Gasteiger partial charge in [-0.2, -0.15) is 0 Å². The maximum absolute atomic E-state index is 8.18. The van der Waals surface area contributed by atoms with Gasteiger partial charge in [0.25, 0.3) is 0 Å². The van der Waals surface area contributed by atoms with Crippen LogP contribution in [0.15, 0.2) is 0 Å². The van der Waals surface area contributed by atoms with Crippen molar-refractivity contribution in [1.29, 1.82) is 0 Å². The first-order valence-corrected chi connectivity index (χ1v) is 14.1. The molecule has 0 aromatic carbocycles. The number of unbranched alkanes of at least 4 members (excludes halogenated alkanes) is 20. The minimum absolute atomic E-state index is 0.277. The number of ether oxygens (including phenoxy) is 1. The van der Waals surface area contributed by atoms with Gasteiger partial charge in [0.2, 0.25) is 0 Å². The molecule has 3 nitrogen and oxygen atoms in total. The predicted molar refractivity (Wildman–Crippen MR) is 136 cm³/mol. The van der Waals surface area contributed by atoms with Crippen LogP contribution in [-0.4, -0.2) is 25.1 Å². The summed E-state index contributed by atoms with van der Waals surface area (Å²) in [6.45, 7) is 6.24. The summed E-state index contributed by atoms with van der Waals surface area (Å²) in [7, 11) is 0. The summed E-state index contributed by atoms with van der Waals surface area (Å²) in [5.41, 5.74) is 0. The van der Waals surface area contributed by atoms with E-state index in [0.29, 0.717) is 6.61 Å². The van der Waals surface area contributed by atoms with Crippen LogP contribution in [0.25, 0.3) is 0 Å². The smallest absolute Gasteiger partial charge is 0.105 e. The highest BCUT2D eigenvalue weighted by molar-refractivity contribution is 4.52. The zero-order valence-electron chi connectivity index (χ0n) is 21.5. The van der Waals surface area contributed by atoms with Gasteiger partial charge in [0, 0.05) is 6.61 Å². The molecular formula is C28H58O3. The Hall–Kier alpha value is -0.120. The van der Waals surface area contributed by atoms with Crippen LogP contribution in [-0.2, 0) is 9.62 Å². The van der Waals surface area contributed by atoms with Crippen LogP contribution in [0.5, 0.6) is 0 Å². The average molecular weight is 443 g/mol. The molecule has 0 atom stereocenters. The molecule has 0 aliphatic rings. The van der Waals surface area contributed by atoms with Crippen molar-refractivity contribution in [2.75, 3.05) is 19.8 Å². The van der Waals surface area contributed by atoms with Crippen LogP contribution in [0.1, 0.15) is 155 Å². The minimum Gasteiger partial charge on any atom is -0.379 e. The molecule has 0 radical (unpaired) electrons. The van der Waals surface area contributed by atoms with E-state index in [1.54, 1.807) is 0 Å². The molecule has 3 heteroatoms. The summed E-state index contributed by atoms with van der Waals surface area (Å²) in [4.78, 5) is 3.97. The molecule has 0 rings (SSSR count). The van der Waals surface area contributed by atoms with Gasteiger partial charge in [-0.1, -0.05) is 149 Å². The third kappa shape index (κ3) is 29.9. The van der Waals surface area contributed by atoms with Crippen LogP contribution in [0.3, 0.4) is 0 Å². The van der Waals surface area contributed by atoms with Crippen molar-refractivity contribution < 1.29 is 14.9 Å². The van der Waals surface area contributed by atoms with Gasteiger partial charge in [-0.3, -0.25) is 5.26 Å². The number of hydrogen-bond acceptors (Lipinski definition) is 3. The maximum Gasteiger partial charge on any atom is 0.105 e. The van der Waals surface area contributed by atoms with E-state index in [0.717, 1.165) is 18.9 Å². The van der Waals surface area contributed by atoms with Gasteiger partial charge in [-0.05, 0) is 12.3 Å². The van der Waals surface area contributed by atoms with Crippen LogP contribution in [0.4, 0.5) is 0 Å². The van der Waals surface area contributed by atoms with Gasteiger partial charge in [-0.15, -0.1) is 0 Å². The molecule has 1 N–H and O–H groups in total. The molecule has 0 amide bonds. The van der Waals surface area contributed by atoms with Gasteiger partial charge in [0.15, 0.2) is 0 Å². The Balaban J connectivity index is 2.99. The fraction of sp³-hybridized carbons (Fsp3) is 1.00. The van der Waals surface area contributed by atoms with Gasteiger partial charge < -0.3 is 4.74 Å². The number of hydrogen-bond donors (Lipinski definition) is 1. The molecule has 0 bridgehead atoms. The molecule has 0 saturated carbocycles. The van der Waals surface area contributed by atoms with E-state index >= 15 is 0 Å². The molecule has 0 fully saturated rings. The Morgan fingerprint density at radius 1 is 0.419 bits per heavy atom. The second-order valence-corrected chi connectivity index (χ2v) is 10.1. The van der Waals surface area contributed by atoms with Crippen molar-refractivity contribution in [3.8, 4) is 0 Å². The number of rotatable bonds is 27. The first-order valence-electron chi connectivity index (χ1n) is 14.1. The Kier molecular flexibility index (Phi) is 27.8. The second kappa shape index (κ2) is 27.9. The molecule has 0 unspecified atom stereocenters. The van der Waals surface area contributed by atoms with Crippen molar-refractivity contribution in [3.63, 3.8) is 0 Å².